The van der Waals surface area contributed by atoms with Crippen molar-refractivity contribution >= 4 is 11.6 Å². The molecule has 0 spiro atoms. The third kappa shape index (κ3) is 6.25. The fourth-order valence-electron chi connectivity index (χ4n) is 2.87. The van der Waals surface area contributed by atoms with E-state index in [1.807, 2.05) is 31.2 Å². The van der Waals surface area contributed by atoms with Gasteiger partial charge >= 0.3 is 0 Å². The molecule has 1 saturated heterocycles. The topological polar surface area (TPSA) is 66.0 Å². The summed E-state index contributed by atoms with van der Waals surface area (Å²) in [5.74, 6) is 1.31. The lowest BCUT2D eigenvalue weighted by atomic mass is 10.2. The van der Waals surface area contributed by atoms with Gasteiger partial charge in [0.25, 0.3) is 5.91 Å². The molecule has 0 aromatic heterocycles. The minimum atomic E-state index is -0.172. The van der Waals surface area contributed by atoms with E-state index >= 15 is 0 Å². The fourth-order valence-corrected chi connectivity index (χ4v) is 2.87. The zero-order valence-corrected chi connectivity index (χ0v) is 16.2. The Bertz CT molecular complexity index is 724. The zero-order chi connectivity index (χ0) is 19.6. The Balaban J connectivity index is 1.45. The number of anilines is 1. The smallest absolute Gasteiger partial charge is 0.255 e. The Morgan fingerprint density at radius 2 is 1.75 bits per heavy atom. The van der Waals surface area contributed by atoms with Crippen molar-refractivity contribution in [2.24, 2.45) is 0 Å². The van der Waals surface area contributed by atoms with Gasteiger partial charge in [0.1, 0.15) is 24.7 Å². The van der Waals surface area contributed by atoms with Crippen LogP contribution >= 0.6 is 0 Å². The Morgan fingerprint density at radius 1 is 1.04 bits per heavy atom. The molecule has 1 atom stereocenters. The van der Waals surface area contributed by atoms with Gasteiger partial charge in [0.2, 0.25) is 0 Å². The molecule has 28 heavy (non-hydrogen) atoms. The van der Waals surface area contributed by atoms with Crippen molar-refractivity contribution in [2.75, 3.05) is 38.4 Å². The molecule has 3 rings (SSSR count). The van der Waals surface area contributed by atoms with Crippen molar-refractivity contribution in [1.29, 1.82) is 0 Å². The standard InChI is InChI=1S/C22H27NO5/c1-2-25-14-15-27-19-9-5-17(6-10-19)22(24)23-18-7-11-20(12-8-18)28-16-21-4-3-13-26-21/h5-12,21H,2-4,13-16H2,1H3,(H,23,24)/t21-/m1/s1. The van der Waals surface area contributed by atoms with Gasteiger partial charge in [-0.05, 0) is 68.3 Å². The largest absolute Gasteiger partial charge is 0.491 e. The van der Waals surface area contributed by atoms with E-state index in [-0.39, 0.29) is 12.0 Å². The van der Waals surface area contributed by atoms with E-state index in [4.69, 9.17) is 18.9 Å². The molecule has 150 valence electrons. The minimum absolute atomic E-state index is 0.172. The normalized spacial score (nSPS) is 16.0. The molecule has 0 radical (unpaired) electrons. The second kappa shape index (κ2) is 10.7. The maximum absolute atomic E-state index is 12.4. The summed E-state index contributed by atoms with van der Waals surface area (Å²) in [5, 5.41) is 2.88. The first kappa shape index (κ1) is 20.2. The number of carbonyl (C=O) groups excluding carboxylic acids is 1. The van der Waals surface area contributed by atoms with Gasteiger partial charge in [-0.25, -0.2) is 0 Å². The molecule has 6 nitrogen and oxygen atoms in total. The number of benzene rings is 2. The number of hydrogen-bond donors (Lipinski definition) is 1. The van der Waals surface area contributed by atoms with Crippen molar-refractivity contribution < 1.29 is 23.7 Å². The highest BCUT2D eigenvalue weighted by Gasteiger charge is 2.16. The molecule has 6 heteroatoms. The molecule has 0 bridgehead atoms. The first-order chi connectivity index (χ1) is 13.7. The lowest BCUT2D eigenvalue weighted by molar-refractivity contribution is 0.0679. The molecular weight excluding hydrogens is 358 g/mol. The molecule has 0 aliphatic carbocycles. The van der Waals surface area contributed by atoms with Gasteiger partial charge in [0, 0.05) is 24.5 Å². The number of hydrogen-bond acceptors (Lipinski definition) is 5. The molecule has 1 amide bonds. The first-order valence-corrected chi connectivity index (χ1v) is 9.71. The Labute approximate surface area is 165 Å². The fraction of sp³-hybridized carbons (Fsp3) is 0.409. The van der Waals surface area contributed by atoms with Gasteiger partial charge in [-0.2, -0.15) is 0 Å². The number of rotatable bonds is 10. The average molecular weight is 385 g/mol. The van der Waals surface area contributed by atoms with E-state index < -0.39 is 0 Å². The first-order valence-electron chi connectivity index (χ1n) is 9.71. The van der Waals surface area contributed by atoms with Crippen LogP contribution in [0, 0.1) is 0 Å². The summed E-state index contributed by atoms with van der Waals surface area (Å²) < 4.78 is 22.1. The van der Waals surface area contributed by atoms with Crippen LogP contribution < -0.4 is 14.8 Å². The van der Waals surface area contributed by atoms with Crippen LogP contribution in [0.25, 0.3) is 0 Å². The number of ether oxygens (including phenoxy) is 4. The summed E-state index contributed by atoms with van der Waals surface area (Å²) in [6, 6.07) is 14.4. The SMILES string of the molecule is CCOCCOc1ccc(C(=O)Nc2ccc(OC[C@H]3CCCO3)cc2)cc1. The Morgan fingerprint density at radius 3 is 2.43 bits per heavy atom. The maximum atomic E-state index is 12.4. The maximum Gasteiger partial charge on any atom is 0.255 e. The molecule has 1 aliphatic heterocycles. The molecule has 0 unspecified atom stereocenters. The summed E-state index contributed by atoms with van der Waals surface area (Å²) in [7, 11) is 0. The van der Waals surface area contributed by atoms with Crippen molar-refractivity contribution in [3.63, 3.8) is 0 Å². The minimum Gasteiger partial charge on any atom is -0.491 e. The van der Waals surface area contributed by atoms with E-state index in [9.17, 15) is 4.79 Å². The predicted molar refractivity (Wildman–Crippen MR) is 107 cm³/mol. The van der Waals surface area contributed by atoms with E-state index in [0.717, 1.165) is 25.2 Å². The van der Waals surface area contributed by atoms with E-state index in [1.165, 1.54) is 0 Å². The third-order valence-corrected chi connectivity index (χ3v) is 4.39. The summed E-state index contributed by atoms with van der Waals surface area (Å²) in [5.41, 5.74) is 1.28. The zero-order valence-electron chi connectivity index (χ0n) is 16.2. The number of carbonyl (C=O) groups is 1. The van der Waals surface area contributed by atoms with Crippen LogP contribution in [-0.4, -0.2) is 45.0 Å². The second-order valence-corrected chi connectivity index (χ2v) is 6.49. The molecule has 1 fully saturated rings. The van der Waals surface area contributed by atoms with Crippen molar-refractivity contribution in [2.45, 2.75) is 25.9 Å². The van der Waals surface area contributed by atoms with Crippen molar-refractivity contribution in [3.8, 4) is 11.5 Å². The lowest BCUT2D eigenvalue weighted by Gasteiger charge is -2.12. The van der Waals surface area contributed by atoms with E-state index in [0.29, 0.717) is 43.4 Å². The second-order valence-electron chi connectivity index (χ2n) is 6.49. The highest BCUT2D eigenvalue weighted by atomic mass is 16.5. The van der Waals surface area contributed by atoms with E-state index in [1.54, 1.807) is 24.3 Å². The molecule has 1 aliphatic rings. The number of amides is 1. The molecular formula is C22H27NO5. The summed E-state index contributed by atoms with van der Waals surface area (Å²) in [4.78, 5) is 12.4. The Hall–Kier alpha value is -2.57. The van der Waals surface area contributed by atoms with Crippen LogP contribution in [-0.2, 0) is 9.47 Å². The van der Waals surface area contributed by atoms with Gasteiger partial charge < -0.3 is 24.3 Å². The predicted octanol–water partition coefficient (Wildman–Crippen LogP) is 3.91. The molecule has 1 N–H and O–H groups in total. The van der Waals surface area contributed by atoms with Gasteiger partial charge in [0.15, 0.2) is 0 Å². The molecule has 1 heterocycles. The molecule has 0 saturated carbocycles. The number of nitrogens with one attached hydrogen (secondary N) is 1. The molecule has 2 aromatic carbocycles. The van der Waals surface area contributed by atoms with Crippen LogP contribution in [0.3, 0.4) is 0 Å². The third-order valence-electron chi connectivity index (χ3n) is 4.39. The Kier molecular flexibility index (Phi) is 7.70. The lowest BCUT2D eigenvalue weighted by Crippen LogP contribution is -2.16. The van der Waals surface area contributed by atoms with Gasteiger partial charge in [-0.3, -0.25) is 4.79 Å². The highest BCUT2D eigenvalue weighted by Crippen LogP contribution is 2.19. The average Bonchev–Trinajstić information content (AvgIpc) is 3.25. The van der Waals surface area contributed by atoms with Crippen molar-refractivity contribution in [3.05, 3.63) is 54.1 Å². The van der Waals surface area contributed by atoms with Crippen LogP contribution in [0.15, 0.2) is 48.5 Å². The summed E-state index contributed by atoms with van der Waals surface area (Å²) in [6.07, 6.45) is 2.33. The monoisotopic (exact) mass is 385 g/mol. The van der Waals surface area contributed by atoms with Crippen LogP contribution in [0.1, 0.15) is 30.1 Å². The molecule has 2 aromatic rings. The van der Waals surface area contributed by atoms with E-state index in [2.05, 4.69) is 5.32 Å². The van der Waals surface area contributed by atoms with Gasteiger partial charge in [-0.1, -0.05) is 0 Å². The van der Waals surface area contributed by atoms with Gasteiger partial charge in [0.05, 0.1) is 12.7 Å². The van der Waals surface area contributed by atoms with Gasteiger partial charge in [-0.15, -0.1) is 0 Å². The van der Waals surface area contributed by atoms with Crippen LogP contribution in [0.4, 0.5) is 5.69 Å². The summed E-state index contributed by atoms with van der Waals surface area (Å²) >= 11 is 0. The highest BCUT2D eigenvalue weighted by molar-refractivity contribution is 6.04. The van der Waals surface area contributed by atoms with Crippen LogP contribution in [0.5, 0.6) is 11.5 Å². The van der Waals surface area contributed by atoms with Crippen molar-refractivity contribution in [1.82, 2.24) is 0 Å². The summed E-state index contributed by atoms with van der Waals surface area (Å²) in [6.45, 7) is 5.03. The van der Waals surface area contributed by atoms with Crippen LogP contribution in [0.2, 0.25) is 0 Å². The quantitative estimate of drug-likeness (QED) is 0.628.